The van der Waals surface area contributed by atoms with Gasteiger partial charge in [0.25, 0.3) is 0 Å². The molecular weight excluding hydrogens is 270 g/mol. The van der Waals surface area contributed by atoms with Crippen molar-refractivity contribution in [2.45, 2.75) is 58.6 Å². The fourth-order valence-corrected chi connectivity index (χ4v) is 3.02. The molecule has 0 radical (unpaired) electrons. The fraction of sp³-hybridized carbons (Fsp3) is 0.647. The molecule has 1 aromatic carbocycles. The molecule has 1 aliphatic rings. The predicted octanol–water partition coefficient (Wildman–Crippen LogP) is 4.67. The van der Waals surface area contributed by atoms with E-state index in [-0.39, 0.29) is 6.10 Å². The molecule has 0 bridgehead atoms. The number of rotatable bonds is 5. The monoisotopic (exact) mass is 295 g/mol. The minimum atomic E-state index is 0.242. The van der Waals surface area contributed by atoms with Gasteiger partial charge in [0.15, 0.2) is 0 Å². The lowest BCUT2D eigenvalue weighted by Gasteiger charge is -2.41. The lowest BCUT2D eigenvalue weighted by molar-refractivity contribution is 0.0531. The van der Waals surface area contributed by atoms with Crippen LogP contribution in [0.4, 0.5) is 0 Å². The van der Waals surface area contributed by atoms with Crippen LogP contribution in [0, 0.1) is 5.41 Å². The van der Waals surface area contributed by atoms with Gasteiger partial charge < -0.3 is 10.1 Å². The van der Waals surface area contributed by atoms with Crippen molar-refractivity contribution < 1.29 is 4.74 Å². The van der Waals surface area contributed by atoms with E-state index in [9.17, 15) is 0 Å². The molecule has 1 saturated carbocycles. The zero-order valence-electron chi connectivity index (χ0n) is 12.8. The van der Waals surface area contributed by atoms with Crippen molar-refractivity contribution in [3.63, 3.8) is 0 Å². The molecule has 0 saturated heterocycles. The molecule has 2 nitrogen and oxygen atoms in total. The summed E-state index contributed by atoms with van der Waals surface area (Å²) in [4.78, 5) is 0. The highest BCUT2D eigenvalue weighted by molar-refractivity contribution is 6.30. The summed E-state index contributed by atoms with van der Waals surface area (Å²) in [5, 5.41) is 4.39. The lowest BCUT2D eigenvalue weighted by Crippen LogP contribution is -2.49. The van der Waals surface area contributed by atoms with Crippen LogP contribution >= 0.6 is 11.6 Å². The zero-order chi connectivity index (χ0) is 14.6. The Morgan fingerprint density at radius 1 is 1.30 bits per heavy atom. The van der Waals surface area contributed by atoms with Gasteiger partial charge in [0, 0.05) is 11.1 Å². The Balaban J connectivity index is 2.04. The molecule has 1 fully saturated rings. The molecule has 0 aliphatic heterocycles. The van der Waals surface area contributed by atoms with Gasteiger partial charge in [-0.25, -0.2) is 0 Å². The molecular formula is C17H26ClNO. The van der Waals surface area contributed by atoms with Crippen molar-refractivity contribution in [3.05, 3.63) is 29.3 Å². The number of hydrogen-bond donors (Lipinski definition) is 1. The summed E-state index contributed by atoms with van der Waals surface area (Å²) < 4.78 is 6.23. The van der Waals surface area contributed by atoms with Crippen LogP contribution in [0.3, 0.4) is 0 Å². The van der Waals surface area contributed by atoms with Crippen molar-refractivity contribution >= 4 is 11.6 Å². The Hall–Kier alpha value is -0.730. The maximum absolute atomic E-state index is 6.23. The van der Waals surface area contributed by atoms with Crippen LogP contribution in [0.25, 0.3) is 0 Å². The second-order valence-corrected chi connectivity index (χ2v) is 7.01. The van der Waals surface area contributed by atoms with Crippen molar-refractivity contribution in [1.29, 1.82) is 0 Å². The Morgan fingerprint density at radius 3 is 2.65 bits per heavy atom. The molecule has 2 rings (SSSR count). The Bertz CT molecular complexity index is 416. The molecule has 112 valence electrons. The van der Waals surface area contributed by atoms with E-state index < -0.39 is 0 Å². The third-order valence-electron chi connectivity index (χ3n) is 4.09. The first kappa shape index (κ1) is 15.7. The first-order valence-corrected chi connectivity index (χ1v) is 8.03. The standard InChI is InChI=1S/C17H26ClNO/c1-4-11-19-15-9-10-17(2,3)12-16(15)20-14-7-5-13(18)6-8-14/h5-8,15-16,19H,4,9-12H2,1-3H3. The van der Waals surface area contributed by atoms with E-state index in [1.807, 2.05) is 24.3 Å². The van der Waals surface area contributed by atoms with Gasteiger partial charge in [-0.2, -0.15) is 0 Å². The topological polar surface area (TPSA) is 21.3 Å². The largest absolute Gasteiger partial charge is 0.489 e. The predicted molar refractivity (Wildman–Crippen MR) is 85.6 cm³/mol. The Morgan fingerprint density at radius 2 is 2.00 bits per heavy atom. The molecule has 1 aromatic rings. The van der Waals surface area contributed by atoms with Gasteiger partial charge in [0.1, 0.15) is 11.9 Å². The molecule has 0 aromatic heterocycles. The Labute approximate surface area is 127 Å². The maximum Gasteiger partial charge on any atom is 0.119 e. The van der Waals surface area contributed by atoms with Gasteiger partial charge in [0.05, 0.1) is 0 Å². The molecule has 1 aliphatic carbocycles. The highest BCUT2D eigenvalue weighted by Crippen LogP contribution is 2.37. The van der Waals surface area contributed by atoms with Crippen molar-refractivity contribution in [2.75, 3.05) is 6.54 Å². The summed E-state index contributed by atoms with van der Waals surface area (Å²) in [6.45, 7) is 7.93. The van der Waals surface area contributed by atoms with Crippen LogP contribution in [0.5, 0.6) is 5.75 Å². The third kappa shape index (κ3) is 4.39. The number of hydrogen-bond acceptors (Lipinski definition) is 2. The fourth-order valence-electron chi connectivity index (χ4n) is 2.90. The van der Waals surface area contributed by atoms with Crippen LogP contribution in [-0.4, -0.2) is 18.7 Å². The first-order chi connectivity index (χ1) is 9.50. The minimum Gasteiger partial charge on any atom is -0.489 e. The molecule has 20 heavy (non-hydrogen) atoms. The molecule has 0 amide bonds. The van der Waals surface area contributed by atoms with Gasteiger partial charge in [-0.3, -0.25) is 0 Å². The summed E-state index contributed by atoms with van der Waals surface area (Å²) in [7, 11) is 0. The highest BCUT2D eigenvalue weighted by Gasteiger charge is 2.35. The smallest absolute Gasteiger partial charge is 0.119 e. The van der Waals surface area contributed by atoms with Crippen LogP contribution in [0.15, 0.2) is 24.3 Å². The zero-order valence-corrected chi connectivity index (χ0v) is 13.5. The number of nitrogens with one attached hydrogen (secondary N) is 1. The van der Waals surface area contributed by atoms with Crippen molar-refractivity contribution in [2.24, 2.45) is 5.41 Å². The second kappa shape index (κ2) is 6.82. The van der Waals surface area contributed by atoms with Gasteiger partial charge in [-0.15, -0.1) is 0 Å². The number of benzene rings is 1. The van der Waals surface area contributed by atoms with E-state index in [1.54, 1.807) is 0 Å². The first-order valence-electron chi connectivity index (χ1n) is 7.66. The molecule has 1 N–H and O–H groups in total. The molecule has 2 atom stereocenters. The van der Waals surface area contributed by atoms with Crippen LogP contribution in [0.2, 0.25) is 5.02 Å². The summed E-state index contributed by atoms with van der Waals surface area (Å²) in [5.74, 6) is 0.917. The van der Waals surface area contributed by atoms with Crippen molar-refractivity contribution in [1.82, 2.24) is 5.32 Å². The van der Waals surface area contributed by atoms with Gasteiger partial charge in [0.2, 0.25) is 0 Å². The summed E-state index contributed by atoms with van der Waals surface area (Å²) in [6, 6.07) is 8.15. The lowest BCUT2D eigenvalue weighted by atomic mass is 9.74. The van der Waals surface area contributed by atoms with E-state index >= 15 is 0 Å². The normalized spacial score (nSPS) is 25.4. The molecule has 2 unspecified atom stereocenters. The van der Waals surface area contributed by atoms with Crippen LogP contribution in [0.1, 0.15) is 46.5 Å². The number of halogens is 1. The van der Waals surface area contributed by atoms with E-state index in [1.165, 1.54) is 12.8 Å². The summed E-state index contributed by atoms with van der Waals surface area (Å²) in [5.41, 5.74) is 0.363. The minimum absolute atomic E-state index is 0.242. The maximum atomic E-state index is 6.23. The van der Waals surface area contributed by atoms with E-state index in [2.05, 4.69) is 26.1 Å². The average Bonchev–Trinajstić information content (AvgIpc) is 2.40. The third-order valence-corrected chi connectivity index (χ3v) is 4.34. The van der Waals surface area contributed by atoms with E-state index in [0.717, 1.165) is 30.2 Å². The van der Waals surface area contributed by atoms with Gasteiger partial charge in [-0.05, 0) is 61.9 Å². The Kier molecular flexibility index (Phi) is 5.34. The molecule has 0 spiro atoms. The number of ether oxygens (including phenoxy) is 1. The quantitative estimate of drug-likeness (QED) is 0.852. The SMILES string of the molecule is CCCNC1CCC(C)(C)CC1Oc1ccc(Cl)cc1. The molecule has 3 heteroatoms. The van der Waals surface area contributed by atoms with E-state index in [4.69, 9.17) is 16.3 Å². The second-order valence-electron chi connectivity index (χ2n) is 6.58. The van der Waals surface area contributed by atoms with Gasteiger partial charge in [-0.1, -0.05) is 32.4 Å². The van der Waals surface area contributed by atoms with E-state index in [0.29, 0.717) is 11.5 Å². The molecule has 0 heterocycles. The summed E-state index contributed by atoms with van der Waals surface area (Å²) >= 11 is 5.93. The highest BCUT2D eigenvalue weighted by atomic mass is 35.5. The van der Waals surface area contributed by atoms with Gasteiger partial charge >= 0.3 is 0 Å². The summed E-state index contributed by atoms with van der Waals surface area (Å²) in [6.07, 6.45) is 4.94. The average molecular weight is 296 g/mol. The van der Waals surface area contributed by atoms with Crippen molar-refractivity contribution in [3.8, 4) is 5.75 Å². The van der Waals surface area contributed by atoms with Crippen LogP contribution < -0.4 is 10.1 Å². The van der Waals surface area contributed by atoms with Crippen LogP contribution in [-0.2, 0) is 0 Å².